The molecular formula is C14H18Cl2N2O2. The van der Waals surface area contributed by atoms with Crippen LogP contribution in [0.15, 0.2) is 18.2 Å². The SMILES string of the molecule is CCCN(CC#N)CC(O)COc1cc(Cl)ccc1Cl. The van der Waals surface area contributed by atoms with Crippen molar-refractivity contribution in [3.8, 4) is 11.8 Å². The second-order valence-corrected chi connectivity index (χ2v) is 5.28. The van der Waals surface area contributed by atoms with Crippen LogP contribution in [0.2, 0.25) is 10.0 Å². The van der Waals surface area contributed by atoms with Crippen molar-refractivity contribution in [2.24, 2.45) is 0 Å². The number of benzene rings is 1. The van der Waals surface area contributed by atoms with E-state index in [0.717, 1.165) is 13.0 Å². The molecule has 0 bridgehead atoms. The minimum Gasteiger partial charge on any atom is -0.489 e. The quantitative estimate of drug-likeness (QED) is 0.749. The van der Waals surface area contributed by atoms with Gasteiger partial charge in [-0.2, -0.15) is 5.26 Å². The highest BCUT2D eigenvalue weighted by atomic mass is 35.5. The first-order valence-corrected chi connectivity index (χ1v) is 7.17. The number of nitriles is 1. The largest absolute Gasteiger partial charge is 0.489 e. The standard InChI is InChI=1S/C14H18Cl2N2O2/c1-2-6-18(7-5-17)9-12(19)10-20-14-8-11(15)3-4-13(14)16/h3-4,8,12,19H,2,6-7,9-10H2,1H3. The summed E-state index contributed by atoms with van der Waals surface area (Å²) in [5.74, 6) is 0.445. The lowest BCUT2D eigenvalue weighted by Crippen LogP contribution is -2.36. The fraction of sp³-hybridized carbons (Fsp3) is 0.500. The van der Waals surface area contributed by atoms with Crippen LogP contribution in [0.5, 0.6) is 5.75 Å². The molecule has 1 unspecified atom stereocenters. The average molecular weight is 317 g/mol. The highest BCUT2D eigenvalue weighted by Gasteiger charge is 2.12. The molecule has 0 saturated carbocycles. The van der Waals surface area contributed by atoms with E-state index in [4.69, 9.17) is 33.2 Å². The van der Waals surface area contributed by atoms with Crippen LogP contribution >= 0.6 is 23.2 Å². The molecule has 0 aromatic heterocycles. The third-order valence-electron chi connectivity index (χ3n) is 2.63. The topological polar surface area (TPSA) is 56.5 Å². The Hall–Kier alpha value is -0.990. The minimum atomic E-state index is -0.690. The molecule has 6 heteroatoms. The lowest BCUT2D eigenvalue weighted by atomic mass is 10.3. The van der Waals surface area contributed by atoms with E-state index in [9.17, 15) is 5.11 Å². The molecule has 0 aliphatic carbocycles. The monoisotopic (exact) mass is 316 g/mol. The zero-order valence-electron chi connectivity index (χ0n) is 11.4. The van der Waals surface area contributed by atoms with Crippen molar-refractivity contribution >= 4 is 23.2 Å². The van der Waals surface area contributed by atoms with Crippen LogP contribution in [-0.2, 0) is 0 Å². The molecule has 0 saturated heterocycles. The summed E-state index contributed by atoms with van der Waals surface area (Å²) in [6, 6.07) is 7.00. The van der Waals surface area contributed by atoms with Gasteiger partial charge in [0.1, 0.15) is 18.5 Å². The third kappa shape index (κ3) is 5.98. The lowest BCUT2D eigenvalue weighted by Gasteiger charge is -2.22. The van der Waals surface area contributed by atoms with E-state index < -0.39 is 6.10 Å². The van der Waals surface area contributed by atoms with E-state index in [-0.39, 0.29) is 6.61 Å². The first-order valence-electron chi connectivity index (χ1n) is 6.42. The Morgan fingerprint density at radius 2 is 2.20 bits per heavy atom. The molecular weight excluding hydrogens is 299 g/mol. The van der Waals surface area contributed by atoms with Crippen LogP contribution in [0.3, 0.4) is 0 Å². The van der Waals surface area contributed by atoms with Crippen molar-refractivity contribution in [3.05, 3.63) is 28.2 Å². The fourth-order valence-corrected chi connectivity index (χ4v) is 2.11. The van der Waals surface area contributed by atoms with Crippen molar-refractivity contribution in [1.82, 2.24) is 4.90 Å². The second kappa shape index (κ2) is 9.04. The number of aliphatic hydroxyl groups excluding tert-OH is 1. The Morgan fingerprint density at radius 1 is 1.45 bits per heavy atom. The molecule has 0 spiro atoms. The average Bonchev–Trinajstić information content (AvgIpc) is 2.40. The van der Waals surface area contributed by atoms with Crippen LogP contribution in [-0.4, -0.2) is 42.4 Å². The molecule has 110 valence electrons. The molecule has 0 aliphatic heterocycles. The van der Waals surface area contributed by atoms with Crippen molar-refractivity contribution in [1.29, 1.82) is 5.26 Å². The molecule has 0 radical (unpaired) electrons. The summed E-state index contributed by atoms with van der Waals surface area (Å²) >= 11 is 11.8. The Bertz CT molecular complexity index is 463. The van der Waals surface area contributed by atoms with E-state index >= 15 is 0 Å². The molecule has 1 aromatic carbocycles. The van der Waals surface area contributed by atoms with Crippen LogP contribution in [0.4, 0.5) is 0 Å². The smallest absolute Gasteiger partial charge is 0.139 e. The Kier molecular flexibility index (Phi) is 7.71. The highest BCUT2D eigenvalue weighted by molar-refractivity contribution is 6.34. The maximum Gasteiger partial charge on any atom is 0.139 e. The molecule has 1 rings (SSSR count). The van der Waals surface area contributed by atoms with Gasteiger partial charge in [-0.25, -0.2) is 0 Å². The second-order valence-electron chi connectivity index (χ2n) is 4.43. The van der Waals surface area contributed by atoms with E-state index in [1.807, 2.05) is 11.8 Å². The van der Waals surface area contributed by atoms with Gasteiger partial charge in [-0.3, -0.25) is 4.90 Å². The van der Waals surface area contributed by atoms with Crippen molar-refractivity contribution in [2.75, 3.05) is 26.2 Å². The molecule has 20 heavy (non-hydrogen) atoms. The lowest BCUT2D eigenvalue weighted by molar-refractivity contribution is 0.0725. The summed E-state index contributed by atoms with van der Waals surface area (Å²) in [7, 11) is 0. The molecule has 0 heterocycles. The molecule has 1 aromatic rings. The van der Waals surface area contributed by atoms with Gasteiger partial charge in [0.25, 0.3) is 0 Å². The van der Waals surface area contributed by atoms with E-state index in [2.05, 4.69) is 6.07 Å². The van der Waals surface area contributed by atoms with Crippen LogP contribution < -0.4 is 4.74 Å². The summed E-state index contributed by atoms with van der Waals surface area (Å²) < 4.78 is 5.46. The van der Waals surface area contributed by atoms with Gasteiger partial charge in [-0.1, -0.05) is 30.1 Å². The molecule has 0 aliphatic rings. The van der Waals surface area contributed by atoms with Crippen LogP contribution in [0, 0.1) is 11.3 Å². The maximum atomic E-state index is 9.94. The number of hydrogen-bond acceptors (Lipinski definition) is 4. The summed E-state index contributed by atoms with van der Waals surface area (Å²) in [5.41, 5.74) is 0. The van der Waals surface area contributed by atoms with Crippen molar-refractivity contribution in [2.45, 2.75) is 19.4 Å². The molecule has 0 amide bonds. The third-order valence-corrected chi connectivity index (χ3v) is 3.17. The number of aliphatic hydroxyl groups is 1. The van der Waals surface area contributed by atoms with Gasteiger partial charge in [0.05, 0.1) is 17.6 Å². The zero-order valence-corrected chi connectivity index (χ0v) is 12.9. The van der Waals surface area contributed by atoms with Gasteiger partial charge in [0.15, 0.2) is 0 Å². The Balaban J connectivity index is 2.48. The number of rotatable bonds is 8. The number of ether oxygens (including phenoxy) is 1. The Morgan fingerprint density at radius 3 is 2.85 bits per heavy atom. The molecule has 1 atom stereocenters. The van der Waals surface area contributed by atoms with Gasteiger partial charge >= 0.3 is 0 Å². The number of hydrogen-bond donors (Lipinski definition) is 1. The Labute approximate surface area is 129 Å². The fourth-order valence-electron chi connectivity index (χ4n) is 1.78. The molecule has 1 N–H and O–H groups in total. The van der Waals surface area contributed by atoms with Crippen LogP contribution in [0.25, 0.3) is 0 Å². The van der Waals surface area contributed by atoms with Gasteiger partial charge in [-0.15, -0.1) is 0 Å². The summed E-state index contributed by atoms with van der Waals surface area (Å²) in [6.07, 6.45) is 0.236. The predicted molar refractivity (Wildman–Crippen MR) is 80.3 cm³/mol. The maximum absolute atomic E-state index is 9.94. The van der Waals surface area contributed by atoms with E-state index in [1.165, 1.54) is 0 Å². The van der Waals surface area contributed by atoms with E-state index in [0.29, 0.717) is 28.9 Å². The van der Waals surface area contributed by atoms with Gasteiger partial charge < -0.3 is 9.84 Å². The molecule has 4 nitrogen and oxygen atoms in total. The highest BCUT2D eigenvalue weighted by Crippen LogP contribution is 2.27. The van der Waals surface area contributed by atoms with E-state index in [1.54, 1.807) is 18.2 Å². The molecule has 0 fully saturated rings. The van der Waals surface area contributed by atoms with Gasteiger partial charge in [0, 0.05) is 17.6 Å². The van der Waals surface area contributed by atoms with Crippen molar-refractivity contribution < 1.29 is 9.84 Å². The first-order chi connectivity index (χ1) is 9.56. The van der Waals surface area contributed by atoms with Crippen molar-refractivity contribution in [3.63, 3.8) is 0 Å². The predicted octanol–water partition coefficient (Wildman–Crippen LogP) is 2.97. The number of nitrogens with zero attached hydrogens (tertiary/aromatic N) is 2. The number of halogens is 2. The first kappa shape index (κ1) is 17.1. The zero-order chi connectivity index (χ0) is 15.0. The summed E-state index contributed by atoms with van der Waals surface area (Å²) in [4.78, 5) is 1.88. The van der Waals surface area contributed by atoms with Gasteiger partial charge in [0.2, 0.25) is 0 Å². The summed E-state index contributed by atoms with van der Waals surface area (Å²) in [6.45, 7) is 3.58. The summed E-state index contributed by atoms with van der Waals surface area (Å²) in [5, 5.41) is 19.6. The normalized spacial score (nSPS) is 12.2. The minimum absolute atomic E-state index is 0.103. The van der Waals surface area contributed by atoms with Crippen LogP contribution in [0.1, 0.15) is 13.3 Å². The van der Waals surface area contributed by atoms with Gasteiger partial charge in [-0.05, 0) is 25.1 Å².